The molecule has 0 bridgehead atoms. The fourth-order valence-corrected chi connectivity index (χ4v) is 2.95. The third-order valence-corrected chi connectivity index (χ3v) is 4.11. The molecule has 1 fully saturated rings. The van der Waals surface area contributed by atoms with Gasteiger partial charge in [0.1, 0.15) is 0 Å². The summed E-state index contributed by atoms with van der Waals surface area (Å²) in [4.78, 5) is 0. The third kappa shape index (κ3) is 2.80. The molecule has 15 heavy (non-hydrogen) atoms. The lowest BCUT2D eigenvalue weighted by Crippen LogP contribution is -2.47. The monoisotopic (exact) mass is 224 g/mol. The van der Waals surface area contributed by atoms with E-state index in [0.717, 1.165) is 13.1 Å². The summed E-state index contributed by atoms with van der Waals surface area (Å²) in [6, 6.07) is 2.19. The zero-order chi connectivity index (χ0) is 10.6. The van der Waals surface area contributed by atoms with E-state index in [1.54, 1.807) is 11.3 Å². The van der Waals surface area contributed by atoms with Crippen LogP contribution < -0.4 is 10.6 Å². The van der Waals surface area contributed by atoms with Crippen LogP contribution in [0.5, 0.6) is 0 Å². The van der Waals surface area contributed by atoms with Gasteiger partial charge < -0.3 is 10.6 Å². The van der Waals surface area contributed by atoms with Crippen LogP contribution in [0.25, 0.3) is 0 Å². The maximum absolute atomic E-state index is 3.64. The molecule has 1 aromatic rings. The van der Waals surface area contributed by atoms with Crippen LogP contribution in [0.4, 0.5) is 0 Å². The summed E-state index contributed by atoms with van der Waals surface area (Å²) < 4.78 is 0. The number of rotatable bonds is 5. The average Bonchev–Trinajstić information content (AvgIpc) is 2.89. The molecule has 1 atom stereocenters. The van der Waals surface area contributed by atoms with E-state index < -0.39 is 0 Å². The second-order valence-electron chi connectivity index (χ2n) is 4.40. The van der Waals surface area contributed by atoms with Gasteiger partial charge in [0.15, 0.2) is 0 Å². The molecule has 1 aliphatic rings. The van der Waals surface area contributed by atoms with Crippen LogP contribution in [-0.2, 0) is 6.54 Å². The molecule has 1 saturated heterocycles. The first-order valence-corrected chi connectivity index (χ1v) is 6.76. The van der Waals surface area contributed by atoms with E-state index in [2.05, 4.69) is 34.4 Å². The van der Waals surface area contributed by atoms with E-state index in [1.165, 1.54) is 31.4 Å². The summed E-state index contributed by atoms with van der Waals surface area (Å²) in [6.07, 6.45) is 3.87. The van der Waals surface area contributed by atoms with Crippen molar-refractivity contribution < 1.29 is 0 Å². The van der Waals surface area contributed by atoms with Crippen LogP contribution in [0, 0.1) is 0 Å². The fourth-order valence-electron chi connectivity index (χ4n) is 2.29. The Hall–Kier alpha value is -0.380. The average molecular weight is 224 g/mol. The van der Waals surface area contributed by atoms with Gasteiger partial charge in [0.25, 0.3) is 0 Å². The standard InChI is InChI=1S/C12H20N2S/c1-2-12(5-3-6-14-12)10-13-8-11-4-7-15-9-11/h4,7,9,13-14H,2-3,5-6,8,10H2,1H3. The van der Waals surface area contributed by atoms with Gasteiger partial charge in [-0.3, -0.25) is 0 Å². The van der Waals surface area contributed by atoms with Crippen LogP contribution >= 0.6 is 11.3 Å². The molecule has 1 unspecified atom stereocenters. The first-order valence-electron chi connectivity index (χ1n) is 5.81. The van der Waals surface area contributed by atoms with Gasteiger partial charge >= 0.3 is 0 Å². The molecule has 0 saturated carbocycles. The second kappa shape index (κ2) is 5.10. The van der Waals surface area contributed by atoms with Crippen LogP contribution in [0.1, 0.15) is 31.7 Å². The summed E-state index contributed by atoms with van der Waals surface area (Å²) in [5.74, 6) is 0. The van der Waals surface area contributed by atoms with Crippen molar-refractivity contribution in [1.82, 2.24) is 10.6 Å². The van der Waals surface area contributed by atoms with Gasteiger partial charge in [-0.1, -0.05) is 6.92 Å². The van der Waals surface area contributed by atoms with Crippen molar-refractivity contribution in [2.75, 3.05) is 13.1 Å². The highest BCUT2D eigenvalue weighted by Gasteiger charge is 2.30. The van der Waals surface area contributed by atoms with Crippen LogP contribution in [0.3, 0.4) is 0 Å². The van der Waals surface area contributed by atoms with Gasteiger partial charge in [0.2, 0.25) is 0 Å². The molecular formula is C12H20N2S. The van der Waals surface area contributed by atoms with E-state index in [-0.39, 0.29) is 0 Å². The molecule has 0 radical (unpaired) electrons. The number of hydrogen-bond donors (Lipinski definition) is 2. The van der Waals surface area contributed by atoms with Crippen molar-refractivity contribution in [3.63, 3.8) is 0 Å². The highest BCUT2D eigenvalue weighted by Crippen LogP contribution is 2.22. The molecule has 0 spiro atoms. The molecule has 0 aromatic carbocycles. The highest BCUT2D eigenvalue weighted by atomic mass is 32.1. The van der Waals surface area contributed by atoms with Crippen molar-refractivity contribution in [3.05, 3.63) is 22.4 Å². The molecular weight excluding hydrogens is 204 g/mol. The zero-order valence-electron chi connectivity index (χ0n) is 9.38. The maximum atomic E-state index is 3.64. The minimum atomic E-state index is 0.371. The maximum Gasteiger partial charge on any atom is 0.0304 e. The molecule has 0 amide bonds. The van der Waals surface area contributed by atoms with Crippen molar-refractivity contribution in [2.24, 2.45) is 0 Å². The van der Waals surface area contributed by atoms with Gasteiger partial charge in [-0.25, -0.2) is 0 Å². The number of thiophene rings is 1. The fraction of sp³-hybridized carbons (Fsp3) is 0.667. The van der Waals surface area contributed by atoms with Crippen molar-refractivity contribution in [1.29, 1.82) is 0 Å². The minimum absolute atomic E-state index is 0.371. The van der Waals surface area contributed by atoms with Crippen molar-refractivity contribution >= 4 is 11.3 Å². The molecule has 1 aromatic heterocycles. The van der Waals surface area contributed by atoms with Gasteiger partial charge in [-0.05, 0) is 48.2 Å². The summed E-state index contributed by atoms with van der Waals surface area (Å²) in [6.45, 7) is 5.57. The molecule has 1 aliphatic heterocycles. The summed E-state index contributed by atoms with van der Waals surface area (Å²) >= 11 is 1.77. The minimum Gasteiger partial charge on any atom is -0.311 e. The normalized spacial score (nSPS) is 25.9. The zero-order valence-corrected chi connectivity index (χ0v) is 10.2. The van der Waals surface area contributed by atoms with Gasteiger partial charge in [-0.2, -0.15) is 11.3 Å². The molecule has 84 valence electrons. The molecule has 3 heteroatoms. The van der Waals surface area contributed by atoms with E-state index in [4.69, 9.17) is 0 Å². The molecule has 2 N–H and O–H groups in total. The van der Waals surface area contributed by atoms with Gasteiger partial charge in [-0.15, -0.1) is 0 Å². The van der Waals surface area contributed by atoms with E-state index >= 15 is 0 Å². The number of hydrogen-bond acceptors (Lipinski definition) is 3. The Morgan fingerprint density at radius 1 is 1.60 bits per heavy atom. The Balaban J connectivity index is 1.77. The molecule has 2 heterocycles. The van der Waals surface area contributed by atoms with E-state index in [0.29, 0.717) is 5.54 Å². The van der Waals surface area contributed by atoms with Crippen LogP contribution in [-0.4, -0.2) is 18.6 Å². The highest BCUT2D eigenvalue weighted by molar-refractivity contribution is 7.07. The summed E-state index contributed by atoms with van der Waals surface area (Å²) in [7, 11) is 0. The Bertz CT molecular complexity index is 276. The Morgan fingerprint density at radius 3 is 3.13 bits per heavy atom. The lowest BCUT2D eigenvalue weighted by atomic mass is 9.94. The second-order valence-corrected chi connectivity index (χ2v) is 5.18. The van der Waals surface area contributed by atoms with Crippen LogP contribution in [0.15, 0.2) is 16.8 Å². The predicted octanol–water partition coefficient (Wildman–Crippen LogP) is 2.37. The lowest BCUT2D eigenvalue weighted by Gasteiger charge is -2.28. The van der Waals surface area contributed by atoms with E-state index in [1.807, 2.05) is 0 Å². The summed E-state index contributed by atoms with van der Waals surface area (Å²) in [5, 5.41) is 11.6. The van der Waals surface area contributed by atoms with Gasteiger partial charge in [0.05, 0.1) is 0 Å². The molecule has 2 nitrogen and oxygen atoms in total. The topological polar surface area (TPSA) is 24.1 Å². The smallest absolute Gasteiger partial charge is 0.0304 e. The Labute approximate surface area is 96.1 Å². The predicted molar refractivity (Wildman–Crippen MR) is 66.3 cm³/mol. The first-order chi connectivity index (χ1) is 7.35. The quantitative estimate of drug-likeness (QED) is 0.802. The molecule has 0 aliphatic carbocycles. The van der Waals surface area contributed by atoms with Crippen molar-refractivity contribution in [3.8, 4) is 0 Å². The molecule has 2 rings (SSSR count). The summed E-state index contributed by atoms with van der Waals surface area (Å²) in [5.41, 5.74) is 1.78. The third-order valence-electron chi connectivity index (χ3n) is 3.38. The lowest BCUT2D eigenvalue weighted by molar-refractivity contribution is 0.340. The Kier molecular flexibility index (Phi) is 3.78. The van der Waals surface area contributed by atoms with Crippen LogP contribution in [0.2, 0.25) is 0 Å². The first kappa shape index (κ1) is 11.1. The SMILES string of the molecule is CCC1(CNCc2ccsc2)CCCN1. The van der Waals surface area contributed by atoms with Gasteiger partial charge in [0, 0.05) is 18.6 Å². The Morgan fingerprint density at radius 2 is 2.53 bits per heavy atom. The largest absolute Gasteiger partial charge is 0.311 e. The van der Waals surface area contributed by atoms with E-state index in [9.17, 15) is 0 Å². The number of nitrogens with one attached hydrogen (secondary N) is 2. The van der Waals surface area contributed by atoms with Crippen molar-refractivity contribution in [2.45, 2.75) is 38.3 Å².